The molecule has 21 heavy (non-hydrogen) atoms. The second-order valence-electron chi connectivity index (χ2n) is 4.54. The Morgan fingerprint density at radius 2 is 2.14 bits per heavy atom. The fraction of sp³-hybridized carbons (Fsp3) is 0.235. The van der Waals surface area contributed by atoms with Gasteiger partial charge in [-0.05, 0) is 24.6 Å². The molecule has 0 aromatic heterocycles. The molecule has 112 valence electrons. The lowest BCUT2D eigenvalue weighted by molar-refractivity contribution is 0.498. The Morgan fingerprint density at radius 1 is 1.43 bits per heavy atom. The van der Waals surface area contributed by atoms with Crippen molar-refractivity contribution in [2.75, 3.05) is 13.7 Å². The molecule has 3 nitrogen and oxygen atoms in total. The van der Waals surface area contributed by atoms with Crippen LogP contribution in [0.25, 0.3) is 5.70 Å². The van der Waals surface area contributed by atoms with E-state index in [0.29, 0.717) is 17.9 Å². The van der Waals surface area contributed by atoms with Crippen molar-refractivity contribution in [1.29, 1.82) is 0 Å². The summed E-state index contributed by atoms with van der Waals surface area (Å²) in [5.41, 5.74) is 1.97. The minimum absolute atomic E-state index is 0.284. The van der Waals surface area contributed by atoms with E-state index in [1.807, 2.05) is 24.9 Å². The first-order chi connectivity index (χ1) is 10.1. The maximum Gasteiger partial charge on any atom is 0.132 e. The molecule has 0 atom stereocenters. The lowest BCUT2D eigenvalue weighted by atomic mass is 10.1. The SMILES string of the molecule is C=C/C=C(CC)/N=C\N(C)CNC(=C)c1ccccc1F. The van der Waals surface area contributed by atoms with Gasteiger partial charge in [0.15, 0.2) is 0 Å². The van der Waals surface area contributed by atoms with Crippen LogP contribution in [-0.2, 0) is 0 Å². The molecule has 0 radical (unpaired) electrons. The van der Waals surface area contributed by atoms with E-state index in [9.17, 15) is 4.39 Å². The van der Waals surface area contributed by atoms with Gasteiger partial charge in [-0.25, -0.2) is 9.38 Å². The van der Waals surface area contributed by atoms with Gasteiger partial charge >= 0.3 is 0 Å². The first kappa shape index (κ1) is 16.7. The molecule has 1 aromatic rings. The van der Waals surface area contributed by atoms with Gasteiger partial charge in [-0.15, -0.1) is 0 Å². The Morgan fingerprint density at radius 3 is 2.76 bits per heavy atom. The second-order valence-corrected chi connectivity index (χ2v) is 4.54. The summed E-state index contributed by atoms with van der Waals surface area (Å²) < 4.78 is 13.6. The fourth-order valence-electron chi connectivity index (χ4n) is 1.62. The lowest BCUT2D eigenvalue weighted by Gasteiger charge is -2.17. The second kappa shape index (κ2) is 8.74. The molecule has 0 aliphatic carbocycles. The third kappa shape index (κ3) is 5.65. The van der Waals surface area contributed by atoms with Crippen molar-refractivity contribution in [3.8, 4) is 0 Å². The topological polar surface area (TPSA) is 27.6 Å². The zero-order chi connectivity index (χ0) is 15.7. The molecule has 0 unspecified atom stereocenters. The Kier molecular flexibility index (Phi) is 6.95. The van der Waals surface area contributed by atoms with E-state index in [1.54, 1.807) is 30.6 Å². The minimum atomic E-state index is -0.284. The standard InChI is InChI=1S/C17H22FN3/c1-5-9-15(6-2)20-13-21(4)12-19-14(3)16-10-7-8-11-17(16)18/h5,7-11,13,19H,1,3,6,12H2,2,4H3/b15-9+,20-13-. The maximum absolute atomic E-state index is 13.6. The van der Waals surface area contributed by atoms with Crippen LogP contribution in [0.4, 0.5) is 4.39 Å². The van der Waals surface area contributed by atoms with Gasteiger partial charge in [0, 0.05) is 24.0 Å². The summed E-state index contributed by atoms with van der Waals surface area (Å²) in [5, 5.41) is 3.07. The van der Waals surface area contributed by atoms with Crippen LogP contribution in [0.3, 0.4) is 0 Å². The van der Waals surface area contributed by atoms with E-state index >= 15 is 0 Å². The van der Waals surface area contributed by atoms with E-state index in [4.69, 9.17) is 0 Å². The predicted octanol–water partition coefficient (Wildman–Crippen LogP) is 3.78. The van der Waals surface area contributed by atoms with Crippen molar-refractivity contribution in [3.05, 3.63) is 66.7 Å². The van der Waals surface area contributed by atoms with Gasteiger partial charge in [0.05, 0.1) is 13.0 Å². The molecule has 0 heterocycles. The van der Waals surface area contributed by atoms with Crippen molar-refractivity contribution >= 4 is 12.0 Å². The number of nitrogens with one attached hydrogen (secondary N) is 1. The summed E-state index contributed by atoms with van der Waals surface area (Å²) in [6, 6.07) is 6.55. The zero-order valence-corrected chi connectivity index (χ0v) is 12.6. The summed E-state index contributed by atoms with van der Waals surface area (Å²) in [4.78, 5) is 6.21. The summed E-state index contributed by atoms with van der Waals surface area (Å²) >= 11 is 0. The highest BCUT2D eigenvalue weighted by Gasteiger charge is 2.04. The van der Waals surface area contributed by atoms with Crippen molar-refractivity contribution in [2.45, 2.75) is 13.3 Å². The van der Waals surface area contributed by atoms with Gasteiger partial charge in [0.1, 0.15) is 5.82 Å². The summed E-state index contributed by atoms with van der Waals surface area (Å²) in [7, 11) is 1.88. The van der Waals surface area contributed by atoms with Gasteiger partial charge in [-0.1, -0.05) is 38.3 Å². The Labute approximate surface area is 126 Å². The number of rotatable bonds is 8. The number of hydrogen-bond donors (Lipinski definition) is 1. The molecule has 0 spiro atoms. The monoisotopic (exact) mass is 287 g/mol. The number of hydrogen-bond acceptors (Lipinski definition) is 2. The molecule has 0 aliphatic rings. The third-order valence-corrected chi connectivity index (χ3v) is 2.83. The third-order valence-electron chi connectivity index (χ3n) is 2.83. The number of benzene rings is 1. The van der Waals surface area contributed by atoms with E-state index < -0.39 is 0 Å². The molecule has 1 N–H and O–H groups in total. The van der Waals surface area contributed by atoms with E-state index in [2.05, 4.69) is 23.5 Å². The van der Waals surface area contributed by atoms with Crippen molar-refractivity contribution in [1.82, 2.24) is 10.2 Å². The average molecular weight is 287 g/mol. The van der Waals surface area contributed by atoms with E-state index in [0.717, 1.165) is 12.1 Å². The van der Waals surface area contributed by atoms with Crippen molar-refractivity contribution < 1.29 is 4.39 Å². The molecule has 0 aliphatic heterocycles. The van der Waals surface area contributed by atoms with Gasteiger partial charge in [-0.3, -0.25) is 0 Å². The summed E-state index contributed by atoms with van der Waals surface area (Å²) in [6.07, 6.45) is 6.15. The summed E-state index contributed by atoms with van der Waals surface area (Å²) in [6.45, 7) is 10.0. The maximum atomic E-state index is 13.6. The van der Waals surface area contributed by atoms with Gasteiger partial charge < -0.3 is 10.2 Å². The summed E-state index contributed by atoms with van der Waals surface area (Å²) in [5.74, 6) is -0.284. The Balaban J connectivity index is 2.53. The van der Waals surface area contributed by atoms with Crippen LogP contribution in [0.2, 0.25) is 0 Å². The zero-order valence-electron chi connectivity index (χ0n) is 12.6. The van der Waals surface area contributed by atoms with Gasteiger partial charge in [0.25, 0.3) is 0 Å². The normalized spacial score (nSPS) is 11.5. The number of halogens is 1. The van der Waals surface area contributed by atoms with Crippen molar-refractivity contribution in [2.24, 2.45) is 4.99 Å². The fourth-order valence-corrected chi connectivity index (χ4v) is 1.62. The minimum Gasteiger partial charge on any atom is -0.368 e. The molecule has 1 aromatic carbocycles. The molecule has 4 heteroatoms. The highest BCUT2D eigenvalue weighted by molar-refractivity contribution is 5.62. The van der Waals surface area contributed by atoms with Crippen molar-refractivity contribution in [3.63, 3.8) is 0 Å². The van der Waals surface area contributed by atoms with Crippen LogP contribution >= 0.6 is 0 Å². The first-order valence-electron chi connectivity index (χ1n) is 6.82. The van der Waals surface area contributed by atoms with E-state index in [-0.39, 0.29) is 5.82 Å². The lowest BCUT2D eigenvalue weighted by Crippen LogP contribution is -2.29. The molecule has 0 fully saturated rings. The predicted molar refractivity (Wildman–Crippen MR) is 88.3 cm³/mol. The number of nitrogens with zero attached hydrogens (tertiary/aromatic N) is 2. The van der Waals surface area contributed by atoms with Crippen LogP contribution in [0.15, 0.2) is 60.3 Å². The smallest absolute Gasteiger partial charge is 0.132 e. The Bertz CT molecular complexity index is 547. The van der Waals surface area contributed by atoms with Crippen LogP contribution in [0, 0.1) is 5.82 Å². The van der Waals surface area contributed by atoms with Gasteiger partial charge in [0.2, 0.25) is 0 Å². The molecule has 1 rings (SSSR count). The van der Waals surface area contributed by atoms with Crippen LogP contribution in [0.1, 0.15) is 18.9 Å². The quantitative estimate of drug-likeness (QED) is 0.341. The highest BCUT2D eigenvalue weighted by atomic mass is 19.1. The Hall–Kier alpha value is -2.36. The molecule has 0 saturated heterocycles. The van der Waals surface area contributed by atoms with E-state index in [1.165, 1.54) is 6.07 Å². The molecule has 0 bridgehead atoms. The molecular weight excluding hydrogens is 265 g/mol. The largest absolute Gasteiger partial charge is 0.368 e. The molecule has 0 amide bonds. The van der Waals surface area contributed by atoms with Gasteiger partial charge in [-0.2, -0.15) is 0 Å². The van der Waals surface area contributed by atoms with Crippen LogP contribution < -0.4 is 5.32 Å². The number of aliphatic imine (C=N–C) groups is 1. The average Bonchev–Trinajstić information content (AvgIpc) is 2.49. The molecular formula is C17H22FN3. The van der Waals surface area contributed by atoms with Crippen LogP contribution in [-0.4, -0.2) is 25.0 Å². The first-order valence-corrected chi connectivity index (χ1v) is 6.82. The molecule has 0 saturated carbocycles. The highest BCUT2D eigenvalue weighted by Crippen LogP contribution is 2.13. The number of allylic oxidation sites excluding steroid dienone is 3. The van der Waals surface area contributed by atoms with Crippen LogP contribution in [0.5, 0.6) is 0 Å².